The van der Waals surface area contributed by atoms with Gasteiger partial charge >= 0.3 is 6.09 Å². The Hall–Kier alpha value is -2.55. The van der Waals surface area contributed by atoms with Gasteiger partial charge in [-0.3, -0.25) is 4.90 Å². The van der Waals surface area contributed by atoms with Crippen LogP contribution in [0.1, 0.15) is 11.1 Å². The third kappa shape index (κ3) is 2.57. The van der Waals surface area contributed by atoms with Gasteiger partial charge < -0.3 is 4.74 Å². The minimum absolute atomic E-state index is 0.281. The molecule has 0 atom stereocenters. The van der Waals surface area contributed by atoms with Gasteiger partial charge in [-0.15, -0.1) is 0 Å². The van der Waals surface area contributed by atoms with Gasteiger partial charge in [-0.25, -0.2) is 4.79 Å². The summed E-state index contributed by atoms with van der Waals surface area (Å²) in [6.07, 6.45) is 1.73. The van der Waals surface area contributed by atoms with Gasteiger partial charge in [0.25, 0.3) is 0 Å². The van der Waals surface area contributed by atoms with Crippen molar-refractivity contribution in [2.24, 2.45) is 0 Å². The van der Waals surface area contributed by atoms with Crippen LogP contribution in [0.5, 0.6) is 0 Å². The Morgan fingerprint density at radius 2 is 1.65 bits per heavy atom. The van der Waals surface area contributed by atoms with E-state index in [9.17, 15) is 4.79 Å². The summed E-state index contributed by atoms with van der Waals surface area (Å²) in [6, 6.07) is 19.9. The van der Waals surface area contributed by atoms with Crippen LogP contribution in [0.15, 0.2) is 60.7 Å². The number of amides is 1. The Kier molecular flexibility index (Phi) is 3.50. The molecule has 0 N–H and O–H groups in total. The van der Waals surface area contributed by atoms with Crippen LogP contribution in [0.4, 0.5) is 4.79 Å². The van der Waals surface area contributed by atoms with E-state index >= 15 is 0 Å². The molecule has 1 aliphatic rings. The molecule has 1 aliphatic heterocycles. The third-order valence-corrected chi connectivity index (χ3v) is 3.22. The van der Waals surface area contributed by atoms with Crippen LogP contribution in [-0.4, -0.2) is 24.1 Å². The lowest BCUT2D eigenvalue weighted by molar-refractivity contribution is 0.167. The smallest absolute Gasteiger partial charge is 0.414 e. The lowest BCUT2D eigenvalue weighted by Gasteiger charge is -2.17. The minimum Gasteiger partial charge on any atom is -0.447 e. The quantitative estimate of drug-likeness (QED) is 0.793. The highest BCUT2D eigenvalue weighted by Crippen LogP contribution is 2.25. The second-order valence-corrected chi connectivity index (χ2v) is 4.57. The molecule has 1 heterocycles. The summed E-state index contributed by atoms with van der Waals surface area (Å²) in [5.74, 6) is 0. The highest BCUT2D eigenvalue weighted by atomic mass is 16.6. The van der Waals surface area contributed by atoms with Crippen molar-refractivity contribution in [3.8, 4) is 0 Å². The van der Waals surface area contributed by atoms with Gasteiger partial charge in [0.2, 0.25) is 0 Å². The molecule has 0 saturated carbocycles. The second kappa shape index (κ2) is 5.61. The van der Waals surface area contributed by atoms with Gasteiger partial charge in [0, 0.05) is 0 Å². The number of hydrogen-bond acceptors (Lipinski definition) is 2. The maximum absolute atomic E-state index is 11.8. The predicted octanol–water partition coefficient (Wildman–Crippen LogP) is 3.64. The summed E-state index contributed by atoms with van der Waals surface area (Å²) >= 11 is 0. The fraction of sp³-hybridized carbons (Fsp3) is 0.118. The van der Waals surface area contributed by atoms with Crippen molar-refractivity contribution in [3.63, 3.8) is 0 Å². The molecule has 0 radical (unpaired) electrons. The van der Waals surface area contributed by atoms with Crippen molar-refractivity contribution in [1.29, 1.82) is 0 Å². The first-order chi connectivity index (χ1) is 9.84. The molecule has 3 rings (SSSR count). The first kappa shape index (κ1) is 12.5. The normalized spacial score (nSPS) is 15.3. The van der Waals surface area contributed by atoms with Gasteiger partial charge in [0.05, 0.1) is 12.2 Å². The molecule has 1 saturated heterocycles. The van der Waals surface area contributed by atoms with Crippen molar-refractivity contribution in [2.45, 2.75) is 0 Å². The van der Waals surface area contributed by atoms with Crippen LogP contribution in [0.3, 0.4) is 0 Å². The first-order valence-electron chi connectivity index (χ1n) is 6.61. The van der Waals surface area contributed by atoms with Crippen molar-refractivity contribution >= 4 is 17.9 Å². The molecule has 100 valence electrons. The largest absolute Gasteiger partial charge is 0.447 e. The predicted molar refractivity (Wildman–Crippen MR) is 78.8 cm³/mol. The Balaban J connectivity index is 2.04. The van der Waals surface area contributed by atoms with E-state index in [-0.39, 0.29) is 6.09 Å². The van der Waals surface area contributed by atoms with Crippen molar-refractivity contribution in [2.75, 3.05) is 13.2 Å². The van der Waals surface area contributed by atoms with Crippen LogP contribution in [0, 0.1) is 0 Å². The number of hydrogen-bond donors (Lipinski definition) is 0. The fourth-order valence-corrected chi connectivity index (χ4v) is 2.25. The van der Waals surface area contributed by atoms with E-state index in [1.54, 1.807) is 4.90 Å². The fourth-order valence-electron chi connectivity index (χ4n) is 2.25. The molecular weight excluding hydrogens is 250 g/mol. The summed E-state index contributed by atoms with van der Waals surface area (Å²) in [4.78, 5) is 13.5. The monoisotopic (exact) mass is 265 g/mol. The minimum atomic E-state index is -0.281. The van der Waals surface area contributed by atoms with Crippen LogP contribution in [0.25, 0.3) is 11.8 Å². The number of nitrogens with zero attached hydrogens (tertiary/aromatic N) is 1. The number of benzene rings is 2. The summed E-state index contributed by atoms with van der Waals surface area (Å²) in [6.45, 7) is 1.03. The molecule has 0 aliphatic carbocycles. The van der Waals surface area contributed by atoms with Crippen LogP contribution >= 0.6 is 0 Å². The van der Waals surface area contributed by atoms with Gasteiger partial charge in [0.15, 0.2) is 0 Å². The maximum atomic E-state index is 11.8. The SMILES string of the molecule is O=C1OCCN1C(=Cc1ccccc1)c1ccccc1. The summed E-state index contributed by atoms with van der Waals surface area (Å²) in [5.41, 5.74) is 2.94. The van der Waals surface area contributed by atoms with Crippen LogP contribution < -0.4 is 0 Å². The molecule has 0 unspecified atom stereocenters. The zero-order valence-corrected chi connectivity index (χ0v) is 11.0. The molecule has 2 aromatic carbocycles. The molecule has 1 fully saturated rings. The zero-order valence-electron chi connectivity index (χ0n) is 11.0. The molecule has 0 aromatic heterocycles. The van der Waals surface area contributed by atoms with Crippen LogP contribution in [0.2, 0.25) is 0 Å². The molecule has 20 heavy (non-hydrogen) atoms. The first-order valence-corrected chi connectivity index (χ1v) is 6.61. The number of cyclic esters (lactones) is 1. The molecule has 2 aromatic rings. The summed E-state index contributed by atoms with van der Waals surface area (Å²) < 4.78 is 5.05. The standard InChI is InChI=1S/C17H15NO2/c19-17-18(11-12-20-17)16(15-9-5-2-6-10-15)13-14-7-3-1-4-8-14/h1-10,13H,11-12H2. The van der Waals surface area contributed by atoms with E-state index in [0.29, 0.717) is 13.2 Å². The van der Waals surface area contributed by atoms with Gasteiger partial charge in [-0.1, -0.05) is 60.7 Å². The maximum Gasteiger partial charge on any atom is 0.414 e. The summed E-state index contributed by atoms with van der Waals surface area (Å²) in [5, 5.41) is 0. The molecule has 3 nitrogen and oxygen atoms in total. The van der Waals surface area contributed by atoms with E-state index in [1.165, 1.54) is 0 Å². The number of rotatable bonds is 3. The molecular formula is C17H15NO2. The van der Waals surface area contributed by atoms with Crippen molar-refractivity contribution < 1.29 is 9.53 Å². The van der Waals surface area contributed by atoms with Crippen molar-refractivity contribution in [3.05, 3.63) is 71.8 Å². The summed E-state index contributed by atoms with van der Waals surface area (Å²) in [7, 11) is 0. The Morgan fingerprint density at radius 3 is 2.25 bits per heavy atom. The number of ether oxygens (including phenoxy) is 1. The Labute approximate surface area is 118 Å². The molecule has 0 spiro atoms. The van der Waals surface area contributed by atoms with E-state index in [1.807, 2.05) is 66.7 Å². The third-order valence-electron chi connectivity index (χ3n) is 3.22. The van der Waals surface area contributed by atoms with Crippen molar-refractivity contribution in [1.82, 2.24) is 4.90 Å². The second-order valence-electron chi connectivity index (χ2n) is 4.57. The van der Waals surface area contributed by atoms with E-state index in [0.717, 1.165) is 16.8 Å². The number of carbonyl (C=O) groups excluding carboxylic acids is 1. The lowest BCUT2D eigenvalue weighted by atomic mass is 10.1. The highest BCUT2D eigenvalue weighted by Gasteiger charge is 2.26. The highest BCUT2D eigenvalue weighted by molar-refractivity contribution is 5.90. The number of carbonyl (C=O) groups is 1. The van der Waals surface area contributed by atoms with Gasteiger partial charge in [-0.2, -0.15) is 0 Å². The molecule has 0 bridgehead atoms. The Morgan fingerprint density at radius 1 is 1.00 bits per heavy atom. The topological polar surface area (TPSA) is 29.5 Å². The van der Waals surface area contributed by atoms with E-state index in [2.05, 4.69) is 0 Å². The van der Waals surface area contributed by atoms with Gasteiger partial charge in [-0.05, 0) is 17.2 Å². The van der Waals surface area contributed by atoms with Crippen LogP contribution in [-0.2, 0) is 4.74 Å². The van der Waals surface area contributed by atoms with E-state index < -0.39 is 0 Å². The average molecular weight is 265 g/mol. The molecule has 3 heteroatoms. The average Bonchev–Trinajstić information content (AvgIpc) is 2.93. The zero-order chi connectivity index (χ0) is 13.8. The van der Waals surface area contributed by atoms with E-state index in [4.69, 9.17) is 4.74 Å². The lowest BCUT2D eigenvalue weighted by Crippen LogP contribution is -2.22. The van der Waals surface area contributed by atoms with Gasteiger partial charge in [0.1, 0.15) is 6.61 Å². The Bertz CT molecular complexity index is 620. The molecule has 1 amide bonds.